The van der Waals surface area contributed by atoms with Gasteiger partial charge in [-0.1, -0.05) is 23.7 Å². The van der Waals surface area contributed by atoms with E-state index in [4.69, 9.17) is 20.8 Å². The number of aromatic nitrogens is 1. The zero-order chi connectivity index (χ0) is 19.1. The van der Waals surface area contributed by atoms with Gasteiger partial charge in [-0.25, -0.2) is 0 Å². The zero-order valence-corrected chi connectivity index (χ0v) is 16.5. The molecule has 1 saturated heterocycles. The number of aryl methyl sites for hydroxylation is 1. The van der Waals surface area contributed by atoms with Crippen molar-refractivity contribution in [2.45, 2.75) is 39.5 Å². The average Bonchev–Trinajstić information content (AvgIpc) is 3.11. The highest BCUT2D eigenvalue weighted by atomic mass is 35.5. The van der Waals surface area contributed by atoms with Gasteiger partial charge < -0.3 is 18.6 Å². The van der Waals surface area contributed by atoms with Crippen molar-refractivity contribution in [2.24, 2.45) is 0 Å². The fraction of sp³-hybridized carbons (Fsp3) is 0.381. The minimum atomic E-state index is 0.00285. The van der Waals surface area contributed by atoms with Crippen LogP contribution in [0.3, 0.4) is 0 Å². The number of hydrogen-bond donors (Lipinski definition) is 0. The van der Waals surface area contributed by atoms with Gasteiger partial charge >= 0.3 is 0 Å². The van der Waals surface area contributed by atoms with E-state index in [1.807, 2.05) is 66.6 Å². The molecule has 1 aliphatic heterocycles. The summed E-state index contributed by atoms with van der Waals surface area (Å²) in [6.07, 6.45) is 0.0542. The predicted octanol–water partition coefficient (Wildman–Crippen LogP) is 4.49. The van der Waals surface area contributed by atoms with Crippen LogP contribution in [0.2, 0.25) is 5.02 Å². The van der Waals surface area contributed by atoms with Crippen LogP contribution < -0.4 is 0 Å². The molecule has 2 atom stereocenters. The summed E-state index contributed by atoms with van der Waals surface area (Å²) in [5, 5.41) is 0.683. The molecule has 1 amide bonds. The first-order valence-electron chi connectivity index (χ1n) is 9.19. The number of carbonyl (C=O) groups excluding carboxylic acids is 1. The third-order valence-corrected chi connectivity index (χ3v) is 5.10. The van der Waals surface area contributed by atoms with E-state index in [0.29, 0.717) is 30.4 Å². The van der Waals surface area contributed by atoms with Crippen molar-refractivity contribution in [2.75, 3.05) is 13.1 Å². The van der Waals surface area contributed by atoms with Crippen molar-refractivity contribution in [1.82, 2.24) is 9.47 Å². The summed E-state index contributed by atoms with van der Waals surface area (Å²) in [6.45, 7) is 7.64. The molecule has 0 N–H and O–H groups in total. The number of furan rings is 1. The van der Waals surface area contributed by atoms with Crippen LogP contribution in [-0.2, 0) is 11.3 Å². The Balaban J connectivity index is 1.73. The Morgan fingerprint density at radius 1 is 1.19 bits per heavy atom. The molecule has 4 rings (SSSR count). The molecule has 5 nitrogen and oxygen atoms in total. The number of benzene rings is 1. The Labute approximate surface area is 163 Å². The van der Waals surface area contributed by atoms with E-state index in [2.05, 4.69) is 0 Å². The lowest BCUT2D eigenvalue weighted by atomic mass is 10.2. The number of fused-ring (bicyclic) bond motifs is 1. The number of morpholine rings is 1. The van der Waals surface area contributed by atoms with E-state index in [9.17, 15) is 4.79 Å². The quantitative estimate of drug-likeness (QED) is 0.666. The molecular weight excluding hydrogens is 364 g/mol. The molecule has 0 bridgehead atoms. The molecule has 1 aliphatic rings. The smallest absolute Gasteiger partial charge is 0.270 e. The maximum absolute atomic E-state index is 13.3. The second-order valence-corrected chi connectivity index (χ2v) is 7.76. The van der Waals surface area contributed by atoms with E-state index in [-0.39, 0.29) is 18.1 Å². The van der Waals surface area contributed by atoms with Crippen molar-refractivity contribution in [3.8, 4) is 0 Å². The Bertz CT molecular complexity index is 981. The van der Waals surface area contributed by atoms with Crippen molar-refractivity contribution in [1.29, 1.82) is 0 Å². The minimum absolute atomic E-state index is 0.00285. The van der Waals surface area contributed by atoms with E-state index in [0.717, 1.165) is 22.4 Å². The number of halogens is 1. The first-order chi connectivity index (χ1) is 12.9. The molecule has 142 valence electrons. The molecule has 6 heteroatoms. The van der Waals surface area contributed by atoms with E-state index in [1.54, 1.807) is 0 Å². The fourth-order valence-electron chi connectivity index (χ4n) is 3.84. The average molecular weight is 387 g/mol. The highest BCUT2D eigenvalue weighted by Gasteiger charge is 2.29. The molecule has 2 aromatic heterocycles. The van der Waals surface area contributed by atoms with E-state index < -0.39 is 0 Å². The molecule has 2 unspecified atom stereocenters. The fourth-order valence-corrected chi connectivity index (χ4v) is 4.05. The van der Waals surface area contributed by atoms with Crippen LogP contribution in [0, 0.1) is 6.92 Å². The monoisotopic (exact) mass is 386 g/mol. The van der Waals surface area contributed by atoms with Crippen LogP contribution in [0.25, 0.3) is 11.1 Å². The lowest BCUT2D eigenvalue weighted by molar-refractivity contribution is -0.0588. The Hall–Kier alpha value is -2.24. The van der Waals surface area contributed by atoms with Crippen LogP contribution in [0.1, 0.15) is 35.7 Å². The maximum Gasteiger partial charge on any atom is 0.270 e. The summed E-state index contributed by atoms with van der Waals surface area (Å²) in [7, 11) is 0. The number of ether oxygens (including phenoxy) is 1. The SMILES string of the molecule is Cc1cc2c(cc(C(=O)N3CC(C)OC(C)C3)n2Cc2cccc(Cl)c2)o1. The van der Waals surface area contributed by atoms with Gasteiger partial charge in [0.2, 0.25) is 0 Å². The van der Waals surface area contributed by atoms with Crippen LogP contribution in [0.15, 0.2) is 40.8 Å². The van der Waals surface area contributed by atoms with Gasteiger partial charge in [-0.2, -0.15) is 0 Å². The Morgan fingerprint density at radius 2 is 1.93 bits per heavy atom. The van der Waals surface area contributed by atoms with Crippen LogP contribution >= 0.6 is 11.6 Å². The van der Waals surface area contributed by atoms with Crippen molar-refractivity contribution < 1.29 is 13.9 Å². The van der Waals surface area contributed by atoms with E-state index in [1.165, 1.54) is 0 Å². The molecule has 0 saturated carbocycles. The summed E-state index contributed by atoms with van der Waals surface area (Å²) >= 11 is 6.15. The van der Waals surface area contributed by atoms with Crippen molar-refractivity contribution in [3.63, 3.8) is 0 Å². The lowest BCUT2D eigenvalue weighted by Crippen LogP contribution is -2.48. The molecule has 1 fully saturated rings. The molecule has 0 spiro atoms. The summed E-state index contributed by atoms with van der Waals surface area (Å²) < 4.78 is 13.6. The van der Waals surface area contributed by atoms with Crippen LogP contribution in [0.5, 0.6) is 0 Å². The molecule has 0 radical (unpaired) electrons. The summed E-state index contributed by atoms with van der Waals surface area (Å²) in [5.41, 5.74) is 3.32. The predicted molar refractivity (Wildman–Crippen MR) is 105 cm³/mol. The van der Waals surface area contributed by atoms with E-state index >= 15 is 0 Å². The lowest BCUT2D eigenvalue weighted by Gasteiger charge is -2.35. The first kappa shape index (κ1) is 18.1. The van der Waals surface area contributed by atoms with Gasteiger partial charge in [0.15, 0.2) is 5.58 Å². The normalized spacial score (nSPS) is 20.4. The van der Waals surface area contributed by atoms with Gasteiger partial charge in [-0.15, -0.1) is 0 Å². The highest BCUT2D eigenvalue weighted by Crippen LogP contribution is 2.27. The van der Waals surface area contributed by atoms with Gasteiger partial charge in [0, 0.05) is 36.8 Å². The van der Waals surface area contributed by atoms with Crippen molar-refractivity contribution in [3.05, 3.63) is 58.4 Å². The topological polar surface area (TPSA) is 47.6 Å². The third kappa shape index (κ3) is 3.62. The number of rotatable bonds is 3. The van der Waals surface area contributed by atoms with Gasteiger partial charge in [0.25, 0.3) is 5.91 Å². The third-order valence-electron chi connectivity index (χ3n) is 4.87. The summed E-state index contributed by atoms with van der Waals surface area (Å²) in [4.78, 5) is 15.2. The Morgan fingerprint density at radius 3 is 2.63 bits per heavy atom. The molecule has 0 aliphatic carbocycles. The Kier molecular flexibility index (Phi) is 4.74. The largest absolute Gasteiger partial charge is 0.460 e. The second kappa shape index (κ2) is 7.06. The summed E-state index contributed by atoms with van der Waals surface area (Å²) in [6, 6.07) is 11.5. The van der Waals surface area contributed by atoms with Gasteiger partial charge in [0.05, 0.1) is 17.7 Å². The second-order valence-electron chi connectivity index (χ2n) is 7.32. The zero-order valence-electron chi connectivity index (χ0n) is 15.7. The van der Waals surface area contributed by atoms with Gasteiger partial charge in [-0.05, 0) is 38.5 Å². The standard InChI is InChI=1S/C21H23ClN2O3/c1-13-7-18-20(27-13)9-19(21(25)23-10-14(2)26-15(3)11-23)24(18)12-16-5-4-6-17(22)8-16/h4-9,14-15H,10-12H2,1-3H3. The maximum atomic E-state index is 13.3. The number of carbonyl (C=O) groups is 1. The minimum Gasteiger partial charge on any atom is -0.460 e. The highest BCUT2D eigenvalue weighted by molar-refractivity contribution is 6.30. The molecule has 3 aromatic rings. The van der Waals surface area contributed by atoms with Crippen molar-refractivity contribution >= 4 is 28.6 Å². The van der Waals surface area contributed by atoms with Gasteiger partial charge in [0.1, 0.15) is 11.5 Å². The van der Waals surface area contributed by atoms with Crippen LogP contribution in [0.4, 0.5) is 0 Å². The van der Waals surface area contributed by atoms with Crippen LogP contribution in [-0.4, -0.2) is 40.7 Å². The molecular formula is C21H23ClN2O3. The number of nitrogens with zero attached hydrogens (tertiary/aromatic N) is 2. The molecule has 27 heavy (non-hydrogen) atoms. The molecule has 3 heterocycles. The first-order valence-corrected chi connectivity index (χ1v) is 9.57. The summed E-state index contributed by atoms with van der Waals surface area (Å²) in [5.74, 6) is 0.829. The molecule has 1 aromatic carbocycles. The number of amides is 1. The van der Waals surface area contributed by atoms with Gasteiger partial charge in [-0.3, -0.25) is 4.79 Å². The number of hydrogen-bond acceptors (Lipinski definition) is 3.